The smallest absolute Gasteiger partial charge is 0.249 e. The summed E-state index contributed by atoms with van der Waals surface area (Å²) in [5, 5.41) is 0. The van der Waals surface area contributed by atoms with E-state index in [0.29, 0.717) is 11.5 Å². The van der Waals surface area contributed by atoms with Gasteiger partial charge in [-0.05, 0) is 43.5 Å². The van der Waals surface area contributed by atoms with Crippen LogP contribution in [0.5, 0.6) is 11.5 Å². The van der Waals surface area contributed by atoms with E-state index in [2.05, 4.69) is 0 Å². The molecule has 0 spiro atoms. The summed E-state index contributed by atoms with van der Waals surface area (Å²) in [7, 11) is 3.22. The molecule has 1 aliphatic rings. The lowest BCUT2D eigenvalue weighted by molar-refractivity contribution is -0.126. The highest BCUT2D eigenvalue weighted by Gasteiger charge is 2.16. The van der Waals surface area contributed by atoms with Crippen LogP contribution in [-0.4, -0.2) is 38.1 Å². The Labute approximate surface area is 132 Å². The molecule has 2 rings (SSSR count). The van der Waals surface area contributed by atoms with Crippen molar-refractivity contribution in [3.05, 3.63) is 29.3 Å². The Balaban J connectivity index is 2.15. The van der Waals surface area contributed by atoms with Crippen molar-refractivity contribution in [1.29, 1.82) is 0 Å². The average molecular weight is 303 g/mol. The molecule has 1 heterocycles. The molecule has 0 saturated carbocycles. The van der Waals surface area contributed by atoms with Crippen LogP contribution in [0.3, 0.4) is 0 Å². The molecular formula is C18H25NO3. The van der Waals surface area contributed by atoms with Gasteiger partial charge in [0.05, 0.1) is 14.2 Å². The molecular weight excluding hydrogens is 278 g/mol. The largest absolute Gasteiger partial charge is 0.493 e. The number of amides is 1. The molecule has 1 saturated heterocycles. The first-order chi connectivity index (χ1) is 10.7. The van der Waals surface area contributed by atoms with Crippen LogP contribution in [0.2, 0.25) is 0 Å². The second-order valence-corrected chi connectivity index (χ2v) is 5.65. The molecule has 0 bridgehead atoms. The van der Waals surface area contributed by atoms with Gasteiger partial charge in [-0.1, -0.05) is 18.9 Å². The van der Waals surface area contributed by atoms with Crippen LogP contribution in [0, 0.1) is 0 Å². The summed E-state index contributed by atoms with van der Waals surface area (Å²) in [6, 6.07) is 5.67. The van der Waals surface area contributed by atoms with Gasteiger partial charge in [0.25, 0.3) is 0 Å². The number of likely N-dealkylation sites (tertiary alicyclic amines) is 1. The van der Waals surface area contributed by atoms with Gasteiger partial charge in [-0.25, -0.2) is 0 Å². The van der Waals surface area contributed by atoms with E-state index in [4.69, 9.17) is 9.47 Å². The minimum atomic E-state index is 0.136. The molecule has 4 heteroatoms. The molecule has 0 N–H and O–H groups in total. The van der Waals surface area contributed by atoms with Crippen LogP contribution in [0.4, 0.5) is 0 Å². The maximum absolute atomic E-state index is 12.5. The number of rotatable bonds is 4. The van der Waals surface area contributed by atoms with Gasteiger partial charge in [-0.15, -0.1) is 0 Å². The number of carbonyl (C=O) groups excluding carboxylic acids is 1. The molecule has 4 nitrogen and oxygen atoms in total. The van der Waals surface area contributed by atoms with Crippen LogP contribution in [-0.2, 0) is 4.79 Å². The first kappa shape index (κ1) is 16.4. The van der Waals surface area contributed by atoms with Gasteiger partial charge < -0.3 is 14.4 Å². The van der Waals surface area contributed by atoms with Crippen molar-refractivity contribution >= 4 is 12.0 Å². The van der Waals surface area contributed by atoms with E-state index in [1.54, 1.807) is 14.2 Å². The molecule has 0 aromatic heterocycles. The molecule has 1 aromatic rings. The Kier molecular flexibility index (Phi) is 5.87. The van der Waals surface area contributed by atoms with Crippen molar-refractivity contribution < 1.29 is 14.3 Å². The molecule has 22 heavy (non-hydrogen) atoms. The number of carbonyl (C=O) groups is 1. The van der Waals surface area contributed by atoms with Crippen molar-refractivity contribution in [2.75, 3.05) is 27.3 Å². The SMILES string of the molecule is COc1ccc(/C=C(\C)C(=O)N2CCCCCC2)cc1OC. The summed E-state index contributed by atoms with van der Waals surface area (Å²) in [5.74, 6) is 1.50. The van der Waals surface area contributed by atoms with Gasteiger partial charge in [0.2, 0.25) is 5.91 Å². The molecule has 0 radical (unpaired) electrons. The highest BCUT2D eigenvalue weighted by Crippen LogP contribution is 2.28. The monoisotopic (exact) mass is 303 g/mol. The molecule has 0 unspecified atom stereocenters. The van der Waals surface area contributed by atoms with Gasteiger partial charge in [0, 0.05) is 18.7 Å². The fraction of sp³-hybridized carbons (Fsp3) is 0.500. The number of nitrogens with zero attached hydrogens (tertiary/aromatic N) is 1. The van der Waals surface area contributed by atoms with E-state index in [0.717, 1.165) is 37.1 Å². The number of ether oxygens (including phenoxy) is 2. The summed E-state index contributed by atoms with van der Waals surface area (Å²) in [6.45, 7) is 3.62. The van der Waals surface area contributed by atoms with Crippen LogP contribution < -0.4 is 9.47 Å². The van der Waals surface area contributed by atoms with Gasteiger partial charge in [-0.3, -0.25) is 4.79 Å². The predicted molar refractivity (Wildman–Crippen MR) is 88.2 cm³/mol. The van der Waals surface area contributed by atoms with E-state index >= 15 is 0 Å². The third kappa shape index (κ3) is 4.03. The summed E-state index contributed by atoms with van der Waals surface area (Å²) in [6.07, 6.45) is 6.57. The molecule has 1 aromatic carbocycles. The lowest BCUT2D eigenvalue weighted by Gasteiger charge is -2.20. The summed E-state index contributed by atoms with van der Waals surface area (Å²) in [4.78, 5) is 14.5. The van der Waals surface area contributed by atoms with Gasteiger partial charge >= 0.3 is 0 Å². The van der Waals surface area contributed by atoms with Crippen LogP contribution in [0.15, 0.2) is 23.8 Å². The average Bonchev–Trinajstić information content (AvgIpc) is 2.83. The van der Waals surface area contributed by atoms with Crippen molar-refractivity contribution in [2.45, 2.75) is 32.6 Å². The molecule has 1 amide bonds. The Morgan fingerprint density at radius 1 is 1.05 bits per heavy atom. The molecule has 0 aliphatic carbocycles. The Morgan fingerprint density at radius 3 is 2.27 bits per heavy atom. The van der Waals surface area contributed by atoms with Crippen LogP contribution in [0.25, 0.3) is 6.08 Å². The summed E-state index contributed by atoms with van der Waals surface area (Å²) < 4.78 is 10.5. The van der Waals surface area contributed by atoms with Crippen LogP contribution in [0.1, 0.15) is 38.2 Å². The van der Waals surface area contributed by atoms with E-state index in [-0.39, 0.29) is 5.91 Å². The van der Waals surface area contributed by atoms with Gasteiger partial charge in [-0.2, -0.15) is 0 Å². The third-order valence-electron chi connectivity index (χ3n) is 4.02. The van der Waals surface area contributed by atoms with Crippen molar-refractivity contribution in [2.24, 2.45) is 0 Å². The first-order valence-electron chi connectivity index (χ1n) is 7.85. The van der Waals surface area contributed by atoms with E-state index in [1.807, 2.05) is 36.1 Å². The number of methoxy groups -OCH3 is 2. The normalized spacial score (nSPS) is 16.1. The molecule has 1 fully saturated rings. The second-order valence-electron chi connectivity index (χ2n) is 5.65. The highest BCUT2D eigenvalue weighted by molar-refractivity contribution is 5.97. The van der Waals surface area contributed by atoms with Crippen LogP contribution >= 0.6 is 0 Å². The van der Waals surface area contributed by atoms with Gasteiger partial charge in [0.15, 0.2) is 11.5 Å². The fourth-order valence-electron chi connectivity index (χ4n) is 2.78. The second kappa shape index (κ2) is 7.87. The standard InChI is InChI=1S/C18H25NO3/c1-14(18(20)19-10-6-4-5-7-11-19)12-15-8-9-16(21-2)17(13-15)22-3/h8-9,12-13H,4-7,10-11H2,1-3H3/b14-12+. The number of hydrogen-bond donors (Lipinski definition) is 0. The molecule has 120 valence electrons. The van der Waals surface area contributed by atoms with E-state index in [9.17, 15) is 4.79 Å². The fourth-order valence-corrected chi connectivity index (χ4v) is 2.78. The Morgan fingerprint density at radius 2 is 1.68 bits per heavy atom. The summed E-state index contributed by atoms with van der Waals surface area (Å²) >= 11 is 0. The summed E-state index contributed by atoms with van der Waals surface area (Å²) in [5.41, 5.74) is 1.70. The quantitative estimate of drug-likeness (QED) is 0.799. The zero-order chi connectivity index (χ0) is 15.9. The van der Waals surface area contributed by atoms with Gasteiger partial charge in [0.1, 0.15) is 0 Å². The predicted octanol–water partition coefficient (Wildman–Crippen LogP) is 3.51. The minimum absolute atomic E-state index is 0.136. The Bertz CT molecular complexity index is 543. The lowest BCUT2D eigenvalue weighted by atomic mass is 10.1. The van der Waals surface area contributed by atoms with Crippen molar-refractivity contribution in [1.82, 2.24) is 4.90 Å². The zero-order valence-electron chi connectivity index (χ0n) is 13.7. The first-order valence-corrected chi connectivity index (χ1v) is 7.85. The number of benzene rings is 1. The third-order valence-corrected chi connectivity index (χ3v) is 4.02. The van der Waals surface area contributed by atoms with E-state index in [1.165, 1.54) is 12.8 Å². The maximum Gasteiger partial charge on any atom is 0.249 e. The van der Waals surface area contributed by atoms with E-state index < -0.39 is 0 Å². The van der Waals surface area contributed by atoms with Crippen molar-refractivity contribution in [3.63, 3.8) is 0 Å². The molecule has 0 atom stereocenters. The van der Waals surface area contributed by atoms with Crippen molar-refractivity contribution in [3.8, 4) is 11.5 Å². The maximum atomic E-state index is 12.5. The highest BCUT2D eigenvalue weighted by atomic mass is 16.5. The lowest BCUT2D eigenvalue weighted by Crippen LogP contribution is -2.32. The zero-order valence-corrected chi connectivity index (χ0v) is 13.7. The topological polar surface area (TPSA) is 38.8 Å². The minimum Gasteiger partial charge on any atom is -0.493 e. The molecule has 1 aliphatic heterocycles. The number of hydrogen-bond acceptors (Lipinski definition) is 3. The Hall–Kier alpha value is -1.97.